The van der Waals surface area contributed by atoms with Gasteiger partial charge in [-0.15, -0.1) is 0 Å². The normalized spacial score (nSPS) is 15.9. The van der Waals surface area contributed by atoms with E-state index in [4.69, 9.17) is 0 Å². The van der Waals surface area contributed by atoms with Crippen LogP contribution in [0.2, 0.25) is 0 Å². The van der Waals surface area contributed by atoms with Crippen molar-refractivity contribution in [3.05, 3.63) is 58.1 Å². The molecule has 2 aromatic carbocycles. The highest BCUT2D eigenvalue weighted by Crippen LogP contribution is 2.25. The Balaban J connectivity index is 1.71. The zero-order valence-electron chi connectivity index (χ0n) is 14.8. The van der Waals surface area contributed by atoms with E-state index in [0.717, 1.165) is 15.7 Å². The molecule has 5 nitrogen and oxygen atoms in total. The number of aryl methyl sites for hydroxylation is 1. The van der Waals surface area contributed by atoms with Crippen LogP contribution in [0, 0.1) is 6.92 Å². The summed E-state index contributed by atoms with van der Waals surface area (Å²) >= 11 is 3.40. The first kappa shape index (κ1) is 19.1. The first-order chi connectivity index (χ1) is 12.3. The molecule has 0 N–H and O–H groups in total. The molecule has 0 spiro atoms. The lowest BCUT2D eigenvalue weighted by molar-refractivity contribution is 0.101. The van der Waals surface area contributed by atoms with Crippen LogP contribution in [0.25, 0.3) is 0 Å². The fourth-order valence-electron chi connectivity index (χ4n) is 3.02. The summed E-state index contributed by atoms with van der Waals surface area (Å²) in [6.07, 6.45) is 0. The molecule has 0 atom stereocenters. The van der Waals surface area contributed by atoms with Crippen molar-refractivity contribution in [2.24, 2.45) is 0 Å². The molecule has 1 aliphatic heterocycles. The summed E-state index contributed by atoms with van der Waals surface area (Å²) in [4.78, 5) is 13.8. The van der Waals surface area contributed by atoms with Crippen LogP contribution in [-0.4, -0.2) is 44.7 Å². The van der Waals surface area contributed by atoms with Crippen LogP contribution in [0.5, 0.6) is 0 Å². The molecule has 1 saturated heterocycles. The third kappa shape index (κ3) is 3.84. The second-order valence-corrected chi connectivity index (χ2v) is 9.20. The fraction of sp³-hybridized carbons (Fsp3) is 0.316. The molecule has 26 heavy (non-hydrogen) atoms. The van der Waals surface area contributed by atoms with Crippen molar-refractivity contribution in [3.63, 3.8) is 0 Å². The van der Waals surface area contributed by atoms with Crippen LogP contribution in [-0.2, 0) is 10.0 Å². The molecule has 3 rings (SSSR count). The minimum absolute atomic E-state index is 0.0391. The molecule has 0 radical (unpaired) electrons. The lowest BCUT2D eigenvalue weighted by Gasteiger charge is -2.35. The Morgan fingerprint density at radius 1 is 1.00 bits per heavy atom. The Morgan fingerprint density at radius 3 is 2.15 bits per heavy atom. The van der Waals surface area contributed by atoms with E-state index in [9.17, 15) is 13.2 Å². The maximum absolute atomic E-state index is 12.9. The SMILES string of the molecule is CC(=O)c1ccc(N2CCN(S(=O)(=O)c3ccc(Br)c(C)c3)CC2)cc1. The van der Waals surface area contributed by atoms with Crippen molar-refractivity contribution in [1.29, 1.82) is 0 Å². The summed E-state index contributed by atoms with van der Waals surface area (Å²) in [7, 11) is -3.48. The Morgan fingerprint density at radius 2 is 1.62 bits per heavy atom. The number of ketones is 1. The maximum Gasteiger partial charge on any atom is 0.243 e. The van der Waals surface area contributed by atoms with Gasteiger partial charge in [-0.25, -0.2) is 8.42 Å². The van der Waals surface area contributed by atoms with Gasteiger partial charge >= 0.3 is 0 Å². The fourth-order valence-corrected chi connectivity index (χ4v) is 4.77. The second kappa shape index (κ2) is 7.50. The molecule has 0 aromatic heterocycles. The molecule has 2 aromatic rings. The number of halogens is 1. The first-order valence-corrected chi connectivity index (χ1v) is 10.6. The molecular weight excluding hydrogens is 416 g/mol. The van der Waals surface area contributed by atoms with Crippen molar-refractivity contribution < 1.29 is 13.2 Å². The third-order valence-electron chi connectivity index (χ3n) is 4.64. The molecule has 1 aliphatic rings. The van der Waals surface area contributed by atoms with Gasteiger partial charge in [0.05, 0.1) is 4.90 Å². The standard InChI is InChI=1S/C19H21BrN2O3S/c1-14-13-18(7-8-19(14)20)26(24,25)22-11-9-21(10-12-22)17-5-3-16(4-6-17)15(2)23/h3-8,13H,9-12H2,1-2H3. The second-order valence-electron chi connectivity index (χ2n) is 6.41. The minimum atomic E-state index is -3.48. The molecule has 7 heteroatoms. The monoisotopic (exact) mass is 436 g/mol. The zero-order chi connectivity index (χ0) is 18.9. The first-order valence-electron chi connectivity index (χ1n) is 8.41. The Hall–Kier alpha value is -1.70. The van der Waals surface area contributed by atoms with Crippen LogP contribution in [0.1, 0.15) is 22.8 Å². The van der Waals surface area contributed by atoms with Crippen LogP contribution < -0.4 is 4.90 Å². The van der Waals surface area contributed by atoms with Gasteiger partial charge in [0.2, 0.25) is 10.0 Å². The van der Waals surface area contributed by atoms with E-state index in [1.807, 2.05) is 31.2 Å². The van der Waals surface area contributed by atoms with Gasteiger partial charge in [0.15, 0.2) is 5.78 Å². The predicted octanol–water partition coefficient (Wildman–Crippen LogP) is 3.47. The predicted molar refractivity (Wildman–Crippen MR) is 106 cm³/mol. The number of rotatable bonds is 4. The minimum Gasteiger partial charge on any atom is -0.369 e. The van der Waals surface area contributed by atoms with Crippen molar-refractivity contribution in [1.82, 2.24) is 4.31 Å². The summed E-state index contributed by atoms with van der Waals surface area (Å²) in [6.45, 7) is 5.54. The molecule has 0 aliphatic carbocycles. The Labute approximate surface area is 162 Å². The number of hydrogen-bond donors (Lipinski definition) is 0. The molecule has 0 unspecified atom stereocenters. The van der Waals surface area contributed by atoms with Gasteiger partial charge in [0, 0.05) is 41.9 Å². The highest BCUT2D eigenvalue weighted by atomic mass is 79.9. The van der Waals surface area contributed by atoms with Gasteiger partial charge in [-0.05, 0) is 61.9 Å². The average Bonchev–Trinajstić information content (AvgIpc) is 2.64. The Kier molecular flexibility index (Phi) is 5.50. The third-order valence-corrected chi connectivity index (χ3v) is 7.43. The number of Topliss-reactive ketones (excluding diaryl/α,β-unsaturated/α-hetero) is 1. The largest absolute Gasteiger partial charge is 0.369 e. The van der Waals surface area contributed by atoms with E-state index in [1.165, 1.54) is 4.31 Å². The molecule has 0 bridgehead atoms. The summed E-state index contributed by atoms with van der Waals surface area (Å²) in [5.41, 5.74) is 2.59. The highest BCUT2D eigenvalue weighted by Gasteiger charge is 2.28. The van der Waals surface area contributed by atoms with Gasteiger partial charge in [-0.2, -0.15) is 4.31 Å². The molecule has 1 fully saturated rings. The zero-order valence-corrected chi connectivity index (χ0v) is 17.2. The van der Waals surface area contributed by atoms with E-state index in [-0.39, 0.29) is 5.78 Å². The van der Waals surface area contributed by atoms with Gasteiger partial charge in [-0.3, -0.25) is 4.79 Å². The molecule has 0 saturated carbocycles. The van der Waals surface area contributed by atoms with Gasteiger partial charge in [0.1, 0.15) is 0 Å². The van der Waals surface area contributed by atoms with Crippen LogP contribution in [0.4, 0.5) is 5.69 Å². The topological polar surface area (TPSA) is 57.7 Å². The smallest absolute Gasteiger partial charge is 0.243 e. The van der Waals surface area contributed by atoms with Crippen molar-refractivity contribution in [2.45, 2.75) is 18.7 Å². The molecule has 1 heterocycles. The van der Waals surface area contributed by atoms with E-state index in [1.54, 1.807) is 25.1 Å². The summed E-state index contributed by atoms with van der Waals surface area (Å²) in [5, 5.41) is 0. The highest BCUT2D eigenvalue weighted by molar-refractivity contribution is 9.10. The summed E-state index contributed by atoms with van der Waals surface area (Å²) in [5.74, 6) is 0.0391. The van der Waals surface area contributed by atoms with Gasteiger partial charge in [-0.1, -0.05) is 15.9 Å². The Bertz CT molecular complexity index is 918. The maximum atomic E-state index is 12.9. The number of hydrogen-bond acceptors (Lipinski definition) is 4. The van der Waals surface area contributed by atoms with Crippen molar-refractivity contribution >= 4 is 37.4 Å². The lowest BCUT2D eigenvalue weighted by atomic mass is 10.1. The van der Waals surface area contributed by atoms with E-state index >= 15 is 0 Å². The molecule has 0 amide bonds. The summed E-state index contributed by atoms with van der Waals surface area (Å²) in [6, 6.07) is 12.6. The van der Waals surface area contributed by atoms with Crippen LogP contribution in [0.3, 0.4) is 0 Å². The molecule has 138 valence electrons. The number of anilines is 1. The number of piperazine rings is 1. The van der Waals surface area contributed by atoms with E-state index in [2.05, 4.69) is 20.8 Å². The number of sulfonamides is 1. The number of nitrogens with zero attached hydrogens (tertiary/aromatic N) is 2. The van der Waals surface area contributed by atoms with E-state index in [0.29, 0.717) is 36.6 Å². The number of carbonyl (C=O) groups excluding carboxylic acids is 1. The lowest BCUT2D eigenvalue weighted by Crippen LogP contribution is -2.48. The van der Waals surface area contributed by atoms with Crippen LogP contribution in [0.15, 0.2) is 51.8 Å². The van der Waals surface area contributed by atoms with Gasteiger partial charge in [0.25, 0.3) is 0 Å². The van der Waals surface area contributed by atoms with Crippen LogP contribution >= 0.6 is 15.9 Å². The quantitative estimate of drug-likeness (QED) is 0.688. The number of benzene rings is 2. The average molecular weight is 437 g/mol. The van der Waals surface area contributed by atoms with E-state index < -0.39 is 10.0 Å². The summed E-state index contributed by atoms with van der Waals surface area (Å²) < 4.78 is 28.2. The van der Waals surface area contributed by atoms with Gasteiger partial charge < -0.3 is 4.90 Å². The molecular formula is C19H21BrN2O3S. The number of carbonyl (C=O) groups is 1. The van der Waals surface area contributed by atoms with Crippen molar-refractivity contribution in [3.8, 4) is 0 Å². The van der Waals surface area contributed by atoms with Crippen molar-refractivity contribution in [2.75, 3.05) is 31.1 Å².